The number of nitrogens with zero attached hydrogens (tertiary/aromatic N) is 2. The number of nitrogens with one attached hydrogen (secondary N) is 4. The average Bonchev–Trinajstić information content (AvgIpc) is 3.45. The Labute approximate surface area is 314 Å². The minimum Gasteiger partial charge on any atom is -0.379 e. The molecule has 1 aromatic heterocycles. The zero-order valence-corrected chi connectivity index (χ0v) is 32.6. The lowest BCUT2D eigenvalue weighted by Crippen LogP contribution is -2.41. The largest absolute Gasteiger partial charge is 0.379 e. The summed E-state index contributed by atoms with van der Waals surface area (Å²) in [6.45, 7) is 7.45. The Hall–Kier alpha value is -3.35. The molecule has 2 aromatic rings. The van der Waals surface area contributed by atoms with Crippen molar-refractivity contribution in [1.82, 2.24) is 25.8 Å². The van der Waals surface area contributed by atoms with Crippen LogP contribution in [0, 0.1) is 5.92 Å². The number of thioether (sulfide) groups is 1. The van der Waals surface area contributed by atoms with E-state index in [0.717, 1.165) is 36.6 Å². The summed E-state index contributed by atoms with van der Waals surface area (Å²) in [4.78, 5) is 42.4. The number of unbranched alkanes of at least 4 members (excludes halogenated alkanes) is 1. The molecule has 14 nitrogen and oxygen atoms in total. The molecule has 4 N–H and O–H groups in total. The topological polar surface area (TPSA) is 186 Å². The summed E-state index contributed by atoms with van der Waals surface area (Å²) in [6, 6.07) is 9.47. The number of sulfonamides is 1. The van der Waals surface area contributed by atoms with Crippen LogP contribution in [0.3, 0.4) is 0 Å². The second kappa shape index (κ2) is 24.1. The Morgan fingerprint density at radius 3 is 2.27 bits per heavy atom. The summed E-state index contributed by atoms with van der Waals surface area (Å²) in [7, 11) is -0.505. The van der Waals surface area contributed by atoms with E-state index in [2.05, 4.69) is 48.0 Å². The molecule has 0 spiro atoms. The van der Waals surface area contributed by atoms with E-state index < -0.39 is 10.0 Å². The molecule has 3 amide bonds. The highest BCUT2D eigenvalue weighted by Gasteiger charge is 2.34. The van der Waals surface area contributed by atoms with E-state index in [1.807, 2.05) is 11.8 Å². The SMILES string of the molecule is CC(=O)NC1C(C)CSC1CCCCC(=O)NCCCOCCOCCOCCCNC(=O)c1cc(/C=N\NS(=O)(=O)c2ccc([Si])cc2)ccn1. The van der Waals surface area contributed by atoms with Crippen LogP contribution in [-0.2, 0) is 33.8 Å². The Balaban J connectivity index is 1.11. The Bertz CT molecular complexity index is 1530. The zero-order chi connectivity index (χ0) is 37.6. The highest BCUT2D eigenvalue weighted by molar-refractivity contribution is 8.00. The first-order chi connectivity index (χ1) is 25.0. The van der Waals surface area contributed by atoms with Gasteiger partial charge in [-0.15, -0.1) is 0 Å². The predicted octanol–water partition coefficient (Wildman–Crippen LogP) is 1.68. The van der Waals surface area contributed by atoms with Crippen LogP contribution in [0.1, 0.15) is 68.4 Å². The van der Waals surface area contributed by atoms with E-state index in [1.165, 1.54) is 30.6 Å². The number of carbonyl (C=O) groups is 3. The number of hydrazone groups is 1. The van der Waals surface area contributed by atoms with Crippen molar-refractivity contribution in [2.75, 3.05) is 58.5 Å². The molecule has 0 saturated carbocycles. The third-order valence-electron chi connectivity index (χ3n) is 7.95. The third-order valence-corrected chi connectivity index (χ3v) is 11.2. The van der Waals surface area contributed by atoms with Gasteiger partial charge in [0.2, 0.25) is 11.8 Å². The Morgan fingerprint density at radius 2 is 1.60 bits per heavy atom. The van der Waals surface area contributed by atoms with Gasteiger partial charge in [-0.3, -0.25) is 19.4 Å². The number of aromatic nitrogens is 1. The fourth-order valence-electron chi connectivity index (χ4n) is 5.22. The first kappa shape index (κ1) is 43.1. The fraction of sp³-hybridized carbons (Fsp3) is 0.571. The molecule has 1 fully saturated rings. The van der Waals surface area contributed by atoms with E-state index in [9.17, 15) is 22.8 Å². The van der Waals surface area contributed by atoms with Gasteiger partial charge in [-0.25, -0.2) is 4.83 Å². The van der Waals surface area contributed by atoms with Crippen LogP contribution >= 0.6 is 11.8 Å². The number of amides is 3. The monoisotopic (exact) mass is 775 g/mol. The van der Waals surface area contributed by atoms with Gasteiger partial charge in [-0.05, 0) is 67.2 Å². The molecule has 0 bridgehead atoms. The summed E-state index contributed by atoms with van der Waals surface area (Å²) in [6.07, 6.45) is 7.41. The molecule has 52 heavy (non-hydrogen) atoms. The van der Waals surface area contributed by atoms with Crippen LogP contribution in [0.25, 0.3) is 0 Å². The molecule has 3 unspecified atom stereocenters. The molecule has 1 aliphatic heterocycles. The molecular formula is C35H51N6O8S2Si. The highest BCUT2D eigenvalue weighted by Crippen LogP contribution is 2.34. The minimum atomic E-state index is -3.82. The smallest absolute Gasteiger partial charge is 0.276 e. The van der Waals surface area contributed by atoms with Gasteiger partial charge in [-0.2, -0.15) is 25.3 Å². The zero-order valence-electron chi connectivity index (χ0n) is 29.9. The van der Waals surface area contributed by atoms with Crippen LogP contribution < -0.4 is 26.0 Å². The quantitative estimate of drug-likeness (QED) is 0.0501. The van der Waals surface area contributed by atoms with Crippen molar-refractivity contribution >= 4 is 61.2 Å². The van der Waals surface area contributed by atoms with Crippen LogP contribution in [0.15, 0.2) is 52.6 Å². The second-order valence-corrected chi connectivity index (χ2v) is 15.8. The Kier molecular flexibility index (Phi) is 19.9. The van der Waals surface area contributed by atoms with Crippen LogP contribution in [0.5, 0.6) is 0 Å². The molecule has 1 aliphatic rings. The normalized spacial score (nSPS) is 17.2. The molecule has 3 atom stereocenters. The summed E-state index contributed by atoms with van der Waals surface area (Å²) in [5.74, 6) is 1.26. The number of carbonyl (C=O) groups excluding carboxylic acids is 3. The predicted molar refractivity (Wildman–Crippen MR) is 202 cm³/mol. The van der Waals surface area contributed by atoms with Crippen molar-refractivity contribution in [3.63, 3.8) is 0 Å². The first-order valence-electron chi connectivity index (χ1n) is 17.5. The number of benzene rings is 1. The van der Waals surface area contributed by atoms with E-state index in [0.29, 0.717) is 82.3 Å². The molecule has 2 heterocycles. The molecule has 3 rings (SSSR count). The van der Waals surface area contributed by atoms with Crippen LogP contribution in [-0.4, -0.2) is 117 Å². The van der Waals surface area contributed by atoms with E-state index in [4.69, 9.17) is 14.2 Å². The van der Waals surface area contributed by atoms with Gasteiger partial charge in [0.05, 0.1) is 47.8 Å². The average molecular weight is 776 g/mol. The third kappa shape index (κ3) is 17.0. The summed E-state index contributed by atoms with van der Waals surface area (Å²) in [5, 5.41) is 13.8. The van der Waals surface area contributed by atoms with Crippen molar-refractivity contribution in [1.29, 1.82) is 0 Å². The molecular weight excluding hydrogens is 725 g/mol. The van der Waals surface area contributed by atoms with Crippen molar-refractivity contribution in [2.45, 2.75) is 68.6 Å². The van der Waals surface area contributed by atoms with Gasteiger partial charge in [-0.1, -0.05) is 30.7 Å². The van der Waals surface area contributed by atoms with Crippen LogP contribution in [0.2, 0.25) is 0 Å². The summed E-state index contributed by atoms with van der Waals surface area (Å²) < 4.78 is 41.3. The maximum atomic E-state index is 12.5. The van der Waals surface area contributed by atoms with Crippen molar-refractivity contribution in [3.8, 4) is 0 Å². The number of pyridine rings is 1. The molecule has 1 aromatic carbocycles. The van der Waals surface area contributed by atoms with Crippen molar-refractivity contribution in [3.05, 3.63) is 53.9 Å². The van der Waals surface area contributed by atoms with Gasteiger partial charge in [0.1, 0.15) is 5.69 Å². The summed E-state index contributed by atoms with van der Waals surface area (Å²) in [5.41, 5.74) is 0.678. The number of hydrogen-bond donors (Lipinski definition) is 4. The van der Waals surface area contributed by atoms with Gasteiger partial charge in [0, 0.05) is 57.1 Å². The number of hydrogen-bond acceptors (Lipinski definition) is 11. The van der Waals surface area contributed by atoms with Gasteiger partial charge in [0.15, 0.2) is 0 Å². The van der Waals surface area contributed by atoms with Gasteiger partial charge in [0.25, 0.3) is 15.9 Å². The second-order valence-electron chi connectivity index (χ2n) is 12.3. The maximum Gasteiger partial charge on any atom is 0.276 e. The standard InChI is InChI=1S/C35H51N6O8S2Si/c1-26-25-50-32(34(26)40-27(2)42)7-3-4-8-33(43)37-14-5-17-47-19-21-49-22-20-48-18-6-15-38-35(44)31-23-28(13-16-36-31)24-39-41-51(45,46)29-9-11-30(52)12-10-29/h9-13,16,23-24,26,32,34,41H,3-8,14-15,17-22,25H2,1-2H3,(H,37,43)(H,38,44)(H,40,42)/b39-24-. The molecule has 17 heteroatoms. The van der Waals surface area contributed by atoms with Crippen molar-refractivity contribution < 1.29 is 37.0 Å². The van der Waals surface area contributed by atoms with Gasteiger partial charge < -0.3 is 30.2 Å². The van der Waals surface area contributed by atoms with Crippen LogP contribution in [0.4, 0.5) is 0 Å². The first-order valence-corrected chi connectivity index (χ1v) is 20.6. The number of ether oxygens (including phenoxy) is 3. The minimum absolute atomic E-state index is 0.0231. The number of rotatable bonds is 25. The van der Waals surface area contributed by atoms with Gasteiger partial charge >= 0.3 is 0 Å². The fourth-order valence-corrected chi connectivity index (χ4v) is 7.81. The van der Waals surface area contributed by atoms with Crippen molar-refractivity contribution in [2.24, 2.45) is 11.0 Å². The summed E-state index contributed by atoms with van der Waals surface area (Å²) >= 11 is 1.92. The molecule has 1 saturated heterocycles. The molecule has 3 radical (unpaired) electrons. The van der Waals surface area contributed by atoms with E-state index in [-0.39, 0.29) is 34.4 Å². The lowest BCUT2D eigenvalue weighted by Gasteiger charge is -2.22. The van der Waals surface area contributed by atoms with E-state index in [1.54, 1.807) is 25.1 Å². The molecule has 0 aliphatic carbocycles. The highest BCUT2D eigenvalue weighted by atomic mass is 32.2. The maximum absolute atomic E-state index is 12.5. The lowest BCUT2D eigenvalue weighted by molar-refractivity contribution is -0.121. The Morgan fingerprint density at radius 1 is 0.942 bits per heavy atom. The lowest BCUT2D eigenvalue weighted by atomic mass is 9.97. The van der Waals surface area contributed by atoms with E-state index >= 15 is 0 Å². The molecule has 285 valence electrons.